The summed E-state index contributed by atoms with van der Waals surface area (Å²) in [6, 6.07) is 1.80. The third-order valence-electron chi connectivity index (χ3n) is 3.27. The summed E-state index contributed by atoms with van der Waals surface area (Å²) in [5.74, 6) is 0.915. The van der Waals surface area contributed by atoms with Gasteiger partial charge in [0.2, 0.25) is 0 Å². The standard InChI is InChI=1S/C13H18ClN3O/c1-2-10(5-8-3-4-8)17-13(18)9-6-11(14)12(15)16-7-9/h6-8,10H,2-5H2,1H3,(H2,15,16)(H,17,18). The van der Waals surface area contributed by atoms with Gasteiger partial charge in [-0.15, -0.1) is 0 Å². The van der Waals surface area contributed by atoms with E-state index in [9.17, 15) is 4.79 Å². The first-order valence-electron chi connectivity index (χ1n) is 6.32. The van der Waals surface area contributed by atoms with Gasteiger partial charge in [0, 0.05) is 12.2 Å². The van der Waals surface area contributed by atoms with Gasteiger partial charge in [-0.05, 0) is 24.8 Å². The van der Waals surface area contributed by atoms with Crippen molar-refractivity contribution in [1.29, 1.82) is 0 Å². The first-order valence-corrected chi connectivity index (χ1v) is 6.69. The summed E-state index contributed by atoms with van der Waals surface area (Å²) in [7, 11) is 0. The van der Waals surface area contributed by atoms with Crippen LogP contribution in [0.4, 0.5) is 5.82 Å². The lowest BCUT2D eigenvalue weighted by Crippen LogP contribution is -2.34. The lowest BCUT2D eigenvalue weighted by molar-refractivity contribution is 0.0932. The van der Waals surface area contributed by atoms with Crippen molar-refractivity contribution in [3.63, 3.8) is 0 Å². The zero-order chi connectivity index (χ0) is 13.1. The minimum atomic E-state index is -0.128. The first kappa shape index (κ1) is 13.1. The molecule has 1 fully saturated rings. The molecule has 1 aromatic heterocycles. The van der Waals surface area contributed by atoms with E-state index in [2.05, 4.69) is 17.2 Å². The number of hydrogen-bond donors (Lipinski definition) is 2. The molecule has 1 heterocycles. The Morgan fingerprint density at radius 3 is 2.94 bits per heavy atom. The van der Waals surface area contributed by atoms with Gasteiger partial charge in [-0.25, -0.2) is 4.98 Å². The van der Waals surface area contributed by atoms with Crippen molar-refractivity contribution in [3.05, 3.63) is 22.8 Å². The number of nitrogens with zero attached hydrogens (tertiary/aromatic N) is 1. The third kappa shape index (κ3) is 3.35. The van der Waals surface area contributed by atoms with Crippen LogP contribution in [-0.4, -0.2) is 16.9 Å². The number of carbonyl (C=O) groups excluding carboxylic acids is 1. The predicted molar refractivity (Wildman–Crippen MR) is 72.5 cm³/mol. The summed E-state index contributed by atoms with van der Waals surface area (Å²) in [5.41, 5.74) is 5.98. The number of rotatable bonds is 5. The van der Waals surface area contributed by atoms with Gasteiger partial charge in [0.25, 0.3) is 5.91 Å². The van der Waals surface area contributed by atoms with Crippen LogP contribution in [0, 0.1) is 5.92 Å². The van der Waals surface area contributed by atoms with Crippen molar-refractivity contribution < 1.29 is 4.79 Å². The van der Waals surface area contributed by atoms with Crippen LogP contribution >= 0.6 is 11.6 Å². The minimum absolute atomic E-state index is 0.128. The van der Waals surface area contributed by atoms with E-state index < -0.39 is 0 Å². The molecule has 1 amide bonds. The molecular formula is C13H18ClN3O. The molecule has 0 saturated heterocycles. The summed E-state index contributed by atoms with van der Waals surface area (Å²) in [4.78, 5) is 15.9. The second-order valence-corrected chi connectivity index (χ2v) is 5.26. The number of hydrogen-bond acceptors (Lipinski definition) is 3. The molecule has 0 spiro atoms. The Morgan fingerprint density at radius 2 is 2.39 bits per heavy atom. The minimum Gasteiger partial charge on any atom is -0.382 e. The van der Waals surface area contributed by atoms with Crippen LogP contribution in [0.15, 0.2) is 12.3 Å². The van der Waals surface area contributed by atoms with Gasteiger partial charge in [-0.3, -0.25) is 4.79 Å². The fourth-order valence-corrected chi connectivity index (χ4v) is 2.09. The largest absolute Gasteiger partial charge is 0.382 e. The number of anilines is 1. The number of nitrogen functional groups attached to an aromatic ring is 1. The van der Waals surface area contributed by atoms with Crippen LogP contribution in [0.1, 0.15) is 43.0 Å². The van der Waals surface area contributed by atoms with Crippen molar-refractivity contribution in [1.82, 2.24) is 10.3 Å². The van der Waals surface area contributed by atoms with E-state index >= 15 is 0 Å². The lowest BCUT2D eigenvalue weighted by Gasteiger charge is -2.16. The number of nitrogens with one attached hydrogen (secondary N) is 1. The number of halogens is 1. The van der Waals surface area contributed by atoms with E-state index in [4.69, 9.17) is 17.3 Å². The molecule has 5 heteroatoms. The lowest BCUT2D eigenvalue weighted by atomic mass is 10.1. The van der Waals surface area contributed by atoms with E-state index in [0.717, 1.165) is 18.8 Å². The molecule has 2 rings (SSSR count). The number of nitrogens with two attached hydrogens (primary N) is 1. The second kappa shape index (κ2) is 5.57. The molecule has 0 radical (unpaired) electrons. The molecule has 1 unspecified atom stereocenters. The molecule has 1 atom stereocenters. The van der Waals surface area contributed by atoms with E-state index in [1.807, 2.05) is 0 Å². The van der Waals surface area contributed by atoms with Crippen molar-refractivity contribution in [2.75, 3.05) is 5.73 Å². The van der Waals surface area contributed by atoms with E-state index in [1.165, 1.54) is 19.0 Å². The average Bonchev–Trinajstić information content (AvgIpc) is 3.15. The van der Waals surface area contributed by atoms with Crippen LogP contribution < -0.4 is 11.1 Å². The van der Waals surface area contributed by atoms with Gasteiger partial charge in [0.05, 0.1) is 10.6 Å². The van der Waals surface area contributed by atoms with Gasteiger partial charge in [-0.2, -0.15) is 0 Å². The molecule has 4 nitrogen and oxygen atoms in total. The quantitative estimate of drug-likeness (QED) is 0.862. The molecule has 3 N–H and O–H groups in total. The first-order chi connectivity index (χ1) is 8.60. The highest BCUT2D eigenvalue weighted by molar-refractivity contribution is 6.33. The highest BCUT2D eigenvalue weighted by Crippen LogP contribution is 2.34. The summed E-state index contributed by atoms with van der Waals surface area (Å²) < 4.78 is 0. The monoisotopic (exact) mass is 267 g/mol. The van der Waals surface area contributed by atoms with Crippen molar-refractivity contribution in [3.8, 4) is 0 Å². The predicted octanol–water partition coefficient (Wildman–Crippen LogP) is 2.63. The second-order valence-electron chi connectivity index (χ2n) is 4.85. The summed E-state index contributed by atoms with van der Waals surface area (Å²) in [6.45, 7) is 2.08. The number of carbonyl (C=O) groups is 1. The van der Waals surface area contributed by atoms with Gasteiger partial charge in [0.1, 0.15) is 5.82 Å². The maximum absolute atomic E-state index is 12.0. The average molecular weight is 268 g/mol. The van der Waals surface area contributed by atoms with E-state index in [0.29, 0.717) is 10.6 Å². The highest BCUT2D eigenvalue weighted by Gasteiger charge is 2.25. The molecule has 1 saturated carbocycles. The molecule has 18 heavy (non-hydrogen) atoms. The molecule has 1 aliphatic carbocycles. The van der Waals surface area contributed by atoms with Crippen molar-refractivity contribution >= 4 is 23.3 Å². The third-order valence-corrected chi connectivity index (χ3v) is 3.58. The molecule has 1 aromatic rings. The number of pyridine rings is 1. The maximum Gasteiger partial charge on any atom is 0.253 e. The Kier molecular flexibility index (Phi) is 4.07. The zero-order valence-electron chi connectivity index (χ0n) is 10.4. The Balaban J connectivity index is 1.98. The summed E-state index contributed by atoms with van der Waals surface area (Å²) in [5, 5.41) is 3.34. The maximum atomic E-state index is 12.0. The fraction of sp³-hybridized carbons (Fsp3) is 0.538. The molecule has 98 valence electrons. The summed E-state index contributed by atoms with van der Waals surface area (Å²) in [6.07, 6.45) is 6.06. The fourth-order valence-electron chi connectivity index (χ4n) is 1.92. The normalized spacial score (nSPS) is 16.3. The molecule has 0 aliphatic heterocycles. The van der Waals surface area contributed by atoms with Crippen molar-refractivity contribution in [2.45, 2.75) is 38.6 Å². The molecular weight excluding hydrogens is 250 g/mol. The number of amides is 1. The SMILES string of the molecule is CCC(CC1CC1)NC(=O)c1cnc(N)c(Cl)c1. The smallest absolute Gasteiger partial charge is 0.253 e. The van der Waals surface area contributed by atoms with E-state index in [1.54, 1.807) is 6.07 Å². The number of aromatic nitrogens is 1. The van der Waals surface area contributed by atoms with Gasteiger partial charge >= 0.3 is 0 Å². The zero-order valence-corrected chi connectivity index (χ0v) is 11.2. The van der Waals surface area contributed by atoms with Crippen LogP contribution in [0.2, 0.25) is 5.02 Å². The van der Waals surface area contributed by atoms with Crippen molar-refractivity contribution in [2.24, 2.45) is 5.92 Å². The summed E-state index contributed by atoms with van der Waals surface area (Å²) >= 11 is 5.86. The molecule has 0 aromatic carbocycles. The van der Waals surface area contributed by atoms with Gasteiger partial charge < -0.3 is 11.1 Å². The Hall–Kier alpha value is -1.29. The Morgan fingerprint density at radius 1 is 1.67 bits per heavy atom. The Labute approximate surface area is 112 Å². The highest BCUT2D eigenvalue weighted by atomic mass is 35.5. The van der Waals surface area contributed by atoms with Crippen LogP contribution in [0.5, 0.6) is 0 Å². The molecule has 0 bridgehead atoms. The van der Waals surface area contributed by atoms with Crippen LogP contribution in [0.3, 0.4) is 0 Å². The van der Waals surface area contributed by atoms with Crippen LogP contribution in [0.25, 0.3) is 0 Å². The topological polar surface area (TPSA) is 68.0 Å². The Bertz CT molecular complexity index is 446. The molecule has 1 aliphatic rings. The van der Waals surface area contributed by atoms with Gasteiger partial charge in [0.15, 0.2) is 0 Å². The van der Waals surface area contributed by atoms with Crippen LogP contribution in [-0.2, 0) is 0 Å². The van der Waals surface area contributed by atoms with E-state index in [-0.39, 0.29) is 17.8 Å². The van der Waals surface area contributed by atoms with Gasteiger partial charge in [-0.1, -0.05) is 31.4 Å².